The number of ether oxygens (including phenoxy) is 2. The third kappa shape index (κ3) is 4.52. The SMILES string of the molecule is CC1CN(S(=O)(=O)Nc2ccc(OC(F)F)c(C(=O)O)c2)CCO1. The van der Waals surface area contributed by atoms with Crippen molar-refractivity contribution in [1.82, 2.24) is 4.31 Å². The Morgan fingerprint density at radius 3 is 2.79 bits per heavy atom. The summed E-state index contributed by atoms with van der Waals surface area (Å²) >= 11 is 0. The number of benzene rings is 1. The molecule has 134 valence electrons. The number of carboxylic acid groups (broad SMARTS) is 1. The molecule has 0 saturated carbocycles. The van der Waals surface area contributed by atoms with Crippen molar-refractivity contribution < 1.29 is 36.6 Å². The van der Waals surface area contributed by atoms with Crippen molar-refractivity contribution in [3.05, 3.63) is 23.8 Å². The first-order valence-electron chi connectivity index (χ1n) is 6.90. The fraction of sp³-hybridized carbons (Fsp3) is 0.462. The first-order valence-corrected chi connectivity index (χ1v) is 8.34. The van der Waals surface area contributed by atoms with E-state index in [1.165, 1.54) is 0 Å². The van der Waals surface area contributed by atoms with Crippen LogP contribution in [0.15, 0.2) is 18.2 Å². The van der Waals surface area contributed by atoms with E-state index in [1.54, 1.807) is 6.92 Å². The maximum absolute atomic E-state index is 12.3. The highest BCUT2D eigenvalue weighted by molar-refractivity contribution is 7.90. The van der Waals surface area contributed by atoms with E-state index < -0.39 is 34.1 Å². The summed E-state index contributed by atoms with van der Waals surface area (Å²) in [6, 6.07) is 3.03. The largest absolute Gasteiger partial charge is 0.478 e. The first-order chi connectivity index (χ1) is 11.2. The Hall–Kier alpha value is -1.98. The maximum atomic E-state index is 12.3. The van der Waals surface area contributed by atoms with E-state index in [4.69, 9.17) is 9.84 Å². The lowest BCUT2D eigenvalue weighted by molar-refractivity contribution is -0.0503. The average molecular weight is 366 g/mol. The second-order valence-corrected chi connectivity index (χ2v) is 6.71. The van der Waals surface area contributed by atoms with E-state index in [0.29, 0.717) is 0 Å². The first kappa shape index (κ1) is 18.4. The van der Waals surface area contributed by atoms with E-state index in [0.717, 1.165) is 22.5 Å². The van der Waals surface area contributed by atoms with Crippen molar-refractivity contribution >= 4 is 21.9 Å². The third-order valence-electron chi connectivity index (χ3n) is 3.22. The fourth-order valence-electron chi connectivity index (χ4n) is 2.18. The van der Waals surface area contributed by atoms with Gasteiger partial charge in [-0.1, -0.05) is 0 Å². The summed E-state index contributed by atoms with van der Waals surface area (Å²) in [4.78, 5) is 11.1. The number of nitrogens with zero attached hydrogens (tertiary/aromatic N) is 1. The van der Waals surface area contributed by atoms with Crippen molar-refractivity contribution in [2.75, 3.05) is 24.4 Å². The predicted molar refractivity (Wildman–Crippen MR) is 79.6 cm³/mol. The van der Waals surface area contributed by atoms with Gasteiger partial charge in [-0.05, 0) is 25.1 Å². The van der Waals surface area contributed by atoms with Gasteiger partial charge in [0.2, 0.25) is 0 Å². The lowest BCUT2D eigenvalue weighted by atomic mass is 10.2. The highest BCUT2D eigenvalue weighted by Crippen LogP contribution is 2.25. The molecule has 0 aromatic heterocycles. The zero-order valence-electron chi connectivity index (χ0n) is 12.6. The van der Waals surface area contributed by atoms with Crippen LogP contribution in [0.5, 0.6) is 5.75 Å². The summed E-state index contributed by atoms with van der Waals surface area (Å²) in [6.07, 6.45) is -0.272. The van der Waals surface area contributed by atoms with Gasteiger partial charge in [0.15, 0.2) is 0 Å². The standard InChI is InChI=1S/C13H16F2N2O6S/c1-8-7-17(4-5-22-8)24(20,21)16-9-2-3-11(23-13(14)15)10(6-9)12(18)19/h2-3,6,8,13,16H,4-5,7H2,1H3,(H,18,19). The number of carbonyl (C=O) groups is 1. The van der Waals surface area contributed by atoms with Crippen molar-refractivity contribution in [3.63, 3.8) is 0 Å². The average Bonchev–Trinajstić information content (AvgIpc) is 2.48. The van der Waals surface area contributed by atoms with Crippen LogP contribution in [0.2, 0.25) is 0 Å². The number of alkyl halides is 2. The van der Waals surface area contributed by atoms with Gasteiger partial charge in [-0.25, -0.2) is 4.79 Å². The second-order valence-electron chi connectivity index (χ2n) is 5.04. The molecule has 24 heavy (non-hydrogen) atoms. The summed E-state index contributed by atoms with van der Waals surface area (Å²) in [5, 5.41) is 9.06. The smallest absolute Gasteiger partial charge is 0.387 e. The number of halogens is 2. The minimum absolute atomic E-state index is 0.0758. The van der Waals surface area contributed by atoms with Gasteiger partial charge in [0.25, 0.3) is 0 Å². The molecule has 1 saturated heterocycles. The predicted octanol–water partition coefficient (Wildman–Crippen LogP) is 1.36. The van der Waals surface area contributed by atoms with Gasteiger partial charge in [0.05, 0.1) is 18.4 Å². The monoisotopic (exact) mass is 366 g/mol. The highest BCUT2D eigenvalue weighted by Gasteiger charge is 2.28. The Labute approximate surface area is 137 Å². The third-order valence-corrected chi connectivity index (χ3v) is 4.72. The van der Waals surface area contributed by atoms with E-state index in [9.17, 15) is 22.0 Å². The molecular formula is C13H16F2N2O6S. The summed E-state index contributed by atoms with van der Waals surface area (Å²) in [5.41, 5.74) is -0.654. The Morgan fingerprint density at radius 2 is 2.21 bits per heavy atom. The molecule has 1 aliphatic rings. The molecule has 1 heterocycles. The summed E-state index contributed by atoms with van der Waals surface area (Å²) in [6.45, 7) is -0.934. The number of carboxylic acids is 1. The zero-order chi connectivity index (χ0) is 17.9. The van der Waals surface area contributed by atoms with Crippen LogP contribution in [-0.2, 0) is 14.9 Å². The molecule has 0 bridgehead atoms. The van der Waals surface area contributed by atoms with Gasteiger partial charge >= 0.3 is 22.8 Å². The van der Waals surface area contributed by atoms with Gasteiger partial charge in [-0.3, -0.25) is 4.72 Å². The summed E-state index contributed by atoms with van der Waals surface area (Å²) in [7, 11) is -3.93. The molecule has 1 aromatic rings. The number of morpholine rings is 1. The Balaban J connectivity index is 2.22. The van der Waals surface area contributed by atoms with Crippen LogP contribution in [0, 0.1) is 0 Å². The molecule has 0 amide bonds. The lowest BCUT2D eigenvalue weighted by Gasteiger charge is -2.30. The quantitative estimate of drug-likeness (QED) is 0.788. The lowest BCUT2D eigenvalue weighted by Crippen LogP contribution is -2.46. The number of hydrogen-bond acceptors (Lipinski definition) is 5. The minimum atomic E-state index is -3.93. The number of nitrogens with one attached hydrogen (secondary N) is 1. The van der Waals surface area contributed by atoms with Crippen molar-refractivity contribution in [1.29, 1.82) is 0 Å². The van der Waals surface area contributed by atoms with Crippen molar-refractivity contribution in [3.8, 4) is 5.75 Å². The summed E-state index contributed by atoms with van der Waals surface area (Å²) in [5.74, 6) is -2.08. The van der Waals surface area contributed by atoms with Crippen LogP contribution in [0.4, 0.5) is 14.5 Å². The number of aromatic carboxylic acids is 1. The van der Waals surface area contributed by atoms with Gasteiger partial charge in [0, 0.05) is 13.1 Å². The molecular weight excluding hydrogens is 350 g/mol. The highest BCUT2D eigenvalue weighted by atomic mass is 32.2. The Kier molecular flexibility index (Phi) is 5.57. The Bertz CT molecular complexity index is 712. The molecule has 1 atom stereocenters. The zero-order valence-corrected chi connectivity index (χ0v) is 13.4. The van der Waals surface area contributed by atoms with Crippen LogP contribution in [0.3, 0.4) is 0 Å². The molecule has 8 nitrogen and oxygen atoms in total. The van der Waals surface area contributed by atoms with Gasteiger partial charge < -0.3 is 14.6 Å². The van der Waals surface area contributed by atoms with Crippen LogP contribution < -0.4 is 9.46 Å². The molecule has 2 N–H and O–H groups in total. The molecule has 0 spiro atoms. The van der Waals surface area contributed by atoms with Crippen molar-refractivity contribution in [2.24, 2.45) is 0 Å². The molecule has 1 aromatic carbocycles. The number of hydrogen-bond donors (Lipinski definition) is 2. The molecule has 11 heteroatoms. The minimum Gasteiger partial charge on any atom is -0.478 e. The van der Waals surface area contributed by atoms with Gasteiger partial charge in [0.1, 0.15) is 11.3 Å². The summed E-state index contributed by atoms with van der Waals surface area (Å²) < 4.78 is 61.9. The van der Waals surface area contributed by atoms with E-state index in [2.05, 4.69) is 9.46 Å². The topological polar surface area (TPSA) is 105 Å². The second kappa shape index (κ2) is 7.28. The number of anilines is 1. The van der Waals surface area contributed by atoms with Crippen LogP contribution in [0.25, 0.3) is 0 Å². The van der Waals surface area contributed by atoms with E-state index in [-0.39, 0.29) is 31.5 Å². The van der Waals surface area contributed by atoms with Gasteiger partial charge in [-0.15, -0.1) is 0 Å². The molecule has 1 fully saturated rings. The molecule has 2 rings (SSSR count). The van der Waals surface area contributed by atoms with Crippen molar-refractivity contribution in [2.45, 2.75) is 19.6 Å². The van der Waals surface area contributed by atoms with Gasteiger partial charge in [-0.2, -0.15) is 21.5 Å². The van der Waals surface area contributed by atoms with E-state index in [1.807, 2.05) is 0 Å². The Morgan fingerprint density at radius 1 is 1.50 bits per heavy atom. The normalized spacial score (nSPS) is 19.2. The molecule has 1 unspecified atom stereocenters. The fourth-order valence-corrected chi connectivity index (χ4v) is 3.45. The molecule has 0 radical (unpaired) electrons. The maximum Gasteiger partial charge on any atom is 0.387 e. The molecule has 1 aliphatic heterocycles. The number of rotatable bonds is 6. The van der Waals surface area contributed by atoms with Crippen LogP contribution in [-0.4, -0.2) is 56.2 Å². The van der Waals surface area contributed by atoms with Crippen LogP contribution >= 0.6 is 0 Å². The van der Waals surface area contributed by atoms with E-state index >= 15 is 0 Å². The molecule has 0 aliphatic carbocycles. The van der Waals surface area contributed by atoms with Crippen LogP contribution in [0.1, 0.15) is 17.3 Å².